The van der Waals surface area contributed by atoms with Crippen molar-refractivity contribution in [2.45, 2.75) is 19.8 Å². The number of imide groups is 1. The Bertz CT molecular complexity index is 939. The lowest BCUT2D eigenvalue weighted by Crippen LogP contribution is -2.36. The molecule has 3 amide bonds. The van der Waals surface area contributed by atoms with Gasteiger partial charge in [-0.3, -0.25) is 19.3 Å². The summed E-state index contributed by atoms with van der Waals surface area (Å²) in [6.07, 6.45) is 3.59. The number of hydrogen-bond acceptors (Lipinski definition) is 5. The van der Waals surface area contributed by atoms with Gasteiger partial charge >= 0.3 is 0 Å². The topological polar surface area (TPSA) is 89.7 Å². The van der Waals surface area contributed by atoms with E-state index in [0.717, 1.165) is 45.8 Å². The van der Waals surface area contributed by atoms with Crippen molar-refractivity contribution in [2.24, 2.45) is 5.73 Å². The molecule has 0 aromatic heterocycles. The van der Waals surface area contributed by atoms with E-state index in [0.29, 0.717) is 12.4 Å². The fourth-order valence-corrected chi connectivity index (χ4v) is 3.62. The third-order valence-corrected chi connectivity index (χ3v) is 5.06. The Morgan fingerprint density at radius 1 is 1.22 bits per heavy atom. The monoisotopic (exact) mass is 384 g/mol. The number of hydrogen-bond donors (Lipinski definition) is 1. The summed E-state index contributed by atoms with van der Waals surface area (Å²) in [5, 5.41) is 1.43. The van der Waals surface area contributed by atoms with Gasteiger partial charge in [0.15, 0.2) is 0 Å². The minimum Gasteiger partial charge on any atom is -0.493 e. The molecular weight excluding hydrogens is 364 g/mol. The zero-order valence-corrected chi connectivity index (χ0v) is 15.8. The molecular formula is C20H20N2O4S. The Balaban J connectivity index is 2.03. The summed E-state index contributed by atoms with van der Waals surface area (Å²) in [4.78, 5) is 36.8. The van der Waals surface area contributed by atoms with Gasteiger partial charge in [0.1, 0.15) is 12.3 Å². The second-order valence-electron chi connectivity index (χ2n) is 6.13. The summed E-state index contributed by atoms with van der Waals surface area (Å²) in [7, 11) is 0. The molecule has 6 nitrogen and oxygen atoms in total. The molecule has 1 saturated heterocycles. The van der Waals surface area contributed by atoms with Gasteiger partial charge in [-0.05, 0) is 41.1 Å². The molecule has 3 rings (SSSR count). The number of ether oxygens (including phenoxy) is 1. The van der Waals surface area contributed by atoms with Crippen molar-refractivity contribution in [3.63, 3.8) is 0 Å². The van der Waals surface area contributed by atoms with Crippen molar-refractivity contribution in [3.05, 3.63) is 46.9 Å². The van der Waals surface area contributed by atoms with Gasteiger partial charge in [-0.25, -0.2) is 0 Å². The molecule has 0 aliphatic carbocycles. The molecule has 1 fully saturated rings. The number of carbonyl (C=O) groups excluding carboxylic acids is 3. The molecule has 0 atom stereocenters. The van der Waals surface area contributed by atoms with E-state index >= 15 is 0 Å². The number of carbonyl (C=O) groups is 3. The molecule has 1 heterocycles. The average molecular weight is 384 g/mol. The van der Waals surface area contributed by atoms with Crippen molar-refractivity contribution in [1.82, 2.24) is 4.90 Å². The Hall–Kier alpha value is -2.80. The van der Waals surface area contributed by atoms with E-state index in [9.17, 15) is 14.4 Å². The number of benzene rings is 2. The summed E-state index contributed by atoms with van der Waals surface area (Å²) < 4.78 is 5.91. The van der Waals surface area contributed by atoms with Crippen LogP contribution in [0.5, 0.6) is 5.75 Å². The first-order chi connectivity index (χ1) is 13.0. The van der Waals surface area contributed by atoms with Crippen molar-refractivity contribution in [1.29, 1.82) is 0 Å². The summed E-state index contributed by atoms with van der Waals surface area (Å²) in [5.74, 6) is -0.590. The molecule has 7 heteroatoms. The van der Waals surface area contributed by atoms with Crippen LogP contribution < -0.4 is 10.5 Å². The van der Waals surface area contributed by atoms with E-state index in [4.69, 9.17) is 10.5 Å². The number of nitrogens with two attached hydrogens (primary N) is 1. The first-order valence-corrected chi connectivity index (χ1v) is 9.51. The highest BCUT2D eigenvalue weighted by molar-refractivity contribution is 8.18. The van der Waals surface area contributed by atoms with E-state index in [1.807, 2.05) is 36.4 Å². The molecule has 140 valence electrons. The fraction of sp³-hybridized carbons (Fsp3) is 0.250. The van der Waals surface area contributed by atoms with E-state index in [-0.39, 0.29) is 4.91 Å². The first kappa shape index (κ1) is 19.0. The first-order valence-electron chi connectivity index (χ1n) is 8.69. The molecule has 2 aromatic carbocycles. The third kappa shape index (κ3) is 4.14. The SMILES string of the molecule is CCCCOc1ccc2ccccc2c1/C=C1\SC(=O)N(CC(N)=O)C1=O. The number of primary amides is 1. The maximum Gasteiger partial charge on any atom is 0.294 e. The molecule has 27 heavy (non-hydrogen) atoms. The highest BCUT2D eigenvalue weighted by Gasteiger charge is 2.36. The Morgan fingerprint density at radius 3 is 2.74 bits per heavy atom. The minimum absolute atomic E-state index is 0.248. The van der Waals surface area contributed by atoms with Crippen LogP contribution in [0.2, 0.25) is 0 Å². The molecule has 2 N–H and O–H groups in total. The van der Waals surface area contributed by atoms with Gasteiger partial charge in [-0.15, -0.1) is 0 Å². The van der Waals surface area contributed by atoms with Gasteiger partial charge in [0.25, 0.3) is 11.1 Å². The smallest absolute Gasteiger partial charge is 0.294 e. The third-order valence-electron chi connectivity index (χ3n) is 4.15. The zero-order chi connectivity index (χ0) is 19.4. The van der Waals surface area contributed by atoms with Crippen LogP contribution in [0, 0.1) is 0 Å². The summed E-state index contributed by atoms with van der Waals surface area (Å²) in [6.45, 7) is 2.23. The number of rotatable bonds is 7. The predicted molar refractivity (Wildman–Crippen MR) is 106 cm³/mol. The normalized spacial score (nSPS) is 15.7. The second kappa shape index (κ2) is 8.26. The Labute approximate surface area is 161 Å². The van der Waals surface area contributed by atoms with Crippen LogP contribution in [-0.2, 0) is 9.59 Å². The fourth-order valence-electron chi connectivity index (χ4n) is 2.80. The van der Waals surface area contributed by atoms with Crippen molar-refractivity contribution in [3.8, 4) is 5.75 Å². The van der Waals surface area contributed by atoms with Crippen LogP contribution in [0.15, 0.2) is 41.3 Å². The van der Waals surface area contributed by atoms with E-state index in [1.165, 1.54) is 0 Å². The summed E-state index contributed by atoms with van der Waals surface area (Å²) >= 11 is 0.799. The number of unbranched alkanes of at least 4 members (excludes halogenated alkanes) is 1. The maximum atomic E-state index is 12.5. The molecule has 0 unspecified atom stereocenters. The molecule has 1 aliphatic heterocycles. The Morgan fingerprint density at radius 2 is 2.00 bits per heavy atom. The quantitative estimate of drug-likeness (QED) is 0.582. The van der Waals surface area contributed by atoms with Crippen LogP contribution in [-0.4, -0.2) is 35.1 Å². The molecule has 0 spiro atoms. The van der Waals surface area contributed by atoms with Crippen LogP contribution in [0.1, 0.15) is 25.3 Å². The van der Waals surface area contributed by atoms with Gasteiger partial charge in [0.2, 0.25) is 5.91 Å². The molecule has 0 radical (unpaired) electrons. The van der Waals surface area contributed by atoms with Gasteiger partial charge in [0.05, 0.1) is 11.5 Å². The van der Waals surface area contributed by atoms with Crippen LogP contribution in [0.4, 0.5) is 4.79 Å². The average Bonchev–Trinajstić information content (AvgIpc) is 2.90. The lowest BCUT2D eigenvalue weighted by atomic mass is 10.0. The van der Waals surface area contributed by atoms with Crippen LogP contribution in [0.3, 0.4) is 0 Å². The minimum atomic E-state index is -0.729. The van der Waals surface area contributed by atoms with Crippen LogP contribution in [0.25, 0.3) is 16.8 Å². The van der Waals surface area contributed by atoms with Gasteiger partial charge < -0.3 is 10.5 Å². The van der Waals surface area contributed by atoms with Gasteiger partial charge in [0, 0.05) is 5.56 Å². The molecule has 0 bridgehead atoms. The predicted octanol–water partition coefficient (Wildman–Crippen LogP) is 3.54. The number of amides is 3. The molecule has 0 saturated carbocycles. The van der Waals surface area contributed by atoms with Crippen molar-refractivity contribution < 1.29 is 19.1 Å². The lowest BCUT2D eigenvalue weighted by Gasteiger charge is -2.12. The lowest BCUT2D eigenvalue weighted by molar-refractivity contribution is -0.127. The van der Waals surface area contributed by atoms with Crippen LogP contribution >= 0.6 is 11.8 Å². The van der Waals surface area contributed by atoms with Crippen molar-refractivity contribution >= 4 is 45.7 Å². The summed E-state index contributed by atoms with van der Waals surface area (Å²) in [6, 6.07) is 11.6. The molecule has 2 aromatic rings. The number of thioether (sulfide) groups is 1. The second-order valence-corrected chi connectivity index (χ2v) is 7.13. The van der Waals surface area contributed by atoms with E-state index < -0.39 is 23.6 Å². The van der Waals surface area contributed by atoms with E-state index in [2.05, 4.69) is 6.92 Å². The van der Waals surface area contributed by atoms with Gasteiger partial charge in [-0.1, -0.05) is 43.7 Å². The van der Waals surface area contributed by atoms with E-state index in [1.54, 1.807) is 6.08 Å². The van der Waals surface area contributed by atoms with Gasteiger partial charge in [-0.2, -0.15) is 0 Å². The maximum absolute atomic E-state index is 12.5. The number of nitrogens with zero attached hydrogens (tertiary/aromatic N) is 1. The zero-order valence-electron chi connectivity index (χ0n) is 14.9. The largest absolute Gasteiger partial charge is 0.493 e. The highest BCUT2D eigenvalue weighted by Crippen LogP contribution is 2.36. The summed E-state index contributed by atoms with van der Waals surface area (Å²) in [5.41, 5.74) is 5.87. The highest BCUT2D eigenvalue weighted by atomic mass is 32.2. The number of fused-ring (bicyclic) bond motifs is 1. The Kier molecular flexibility index (Phi) is 5.81. The standard InChI is InChI=1S/C20H20N2O4S/c1-2-3-10-26-16-9-8-13-6-4-5-7-14(13)15(16)11-17-19(24)22(12-18(21)23)20(25)27-17/h4-9,11H,2-3,10,12H2,1H3,(H2,21,23)/b17-11-. The molecule has 1 aliphatic rings. The van der Waals surface area contributed by atoms with Crippen molar-refractivity contribution in [2.75, 3.05) is 13.2 Å².